The molecule has 176 valence electrons. The van der Waals surface area contributed by atoms with Crippen LogP contribution in [0.25, 0.3) is 5.76 Å². The molecule has 0 unspecified atom stereocenters. The molecular formula is C27H43ClO3. The summed E-state index contributed by atoms with van der Waals surface area (Å²) in [6.45, 7) is 2.96. The smallest absolute Gasteiger partial charge is 0.337 e. The van der Waals surface area contributed by atoms with Crippen molar-refractivity contribution in [3.63, 3.8) is 0 Å². The maximum Gasteiger partial charge on any atom is 0.337 e. The number of hydrogen-bond donors (Lipinski definition) is 0. The zero-order valence-electron chi connectivity index (χ0n) is 19.5. The van der Waals surface area contributed by atoms with Crippen molar-refractivity contribution in [3.05, 3.63) is 41.5 Å². The van der Waals surface area contributed by atoms with E-state index >= 15 is 0 Å². The fourth-order valence-corrected chi connectivity index (χ4v) is 4.05. The van der Waals surface area contributed by atoms with Gasteiger partial charge in [0.2, 0.25) is 0 Å². The van der Waals surface area contributed by atoms with E-state index < -0.39 is 0 Å². The van der Waals surface area contributed by atoms with Crippen LogP contribution in [0, 0.1) is 0 Å². The SMILES string of the molecule is CCCCCCCCCCCCCCCCOCC(=O)OC1=CCc2ccccc21.Cl. The predicted octanol–water partition coefficient (Wildman–Crippen LogP) is 8.05. The number of carbonyl (C=O) groups is 1. The normalized spacial score (nSPS) is 12.2. The maximum absolute atomic E-state index is 12.0. The molecule has 0 bridgehead atoms. The molecule has 3 nitrogen and oxygen atoms in total. The maximum atomic E-state index is 12.0. The van der Waals surface area contributed by atoms with Crippen LogP contribution in [0.5, 0.6) is 0 Å². The van der Waals surface area contributed by atoms with Crippen LogP contribution in [0.15, 0.2) is 30.3 Å². The first-order valence-corrected chi connectivity index (χ1v) is 12.4. The summed E-state index contributed by atoms with van der Waals surface area (Å²) in [6, 6.07) is 8.05. The summed E-state index contributed by atoms with van der Waals surface area (Å²) in [7, 11) is 0. The molecule has 0 N–H and O–H groups in total. The lowest BCUT2D eigenvalue weighted by atomic mass is 10.0. The molecule has 31 heavy (non-hydrogen) atoms. The quantitative estimate of drug-likeness (QED) is 0.167. The monoisotopic (exact) mass is 450 g/mol. The first-order chi connectivity index (χ1) is 14.8. The minimum atomic E-state index is -0.302. The summed E-state index contributed by atoms with van der Waals surface area (Å²) in [5.41, 5.74) is 2.24. The van der Waals surface area contributed by atoms with Crippen LogP contribution in [0.4, 0.5) is 0 Å². The van der Waals surface area contributed by atoms with E-state index in [0.717, 1.165) is 18.4 Å². The lowest BCUT2D eigenvalue weighted by Crippen LogP contribution is -2.12. The van der Waals surface area contributed by atoms with Gasteiger partial charge in [-0.25, -0.2) is 4.79 Å². The third kappa shape index (κ3) is 12.3. The van der Waals surface area contributed by atoms with Crippen LogP contribution in [-0.2, 0) is 20.7 Å². The average Bonchev–Trinajstić information content (AvgIpc) is 3.16. The van der Waals surface area contributed by atoms with E-state index in [-0.39, 0.29) is 25.0 Å². The van der Waals surface area contributed by atoms with Crippen LogP contribution in [0.1, 0.15) is 108 Å². The first-order valence-electron chi connectivity index (χ1n) is 12.4. The Morgan fingerprint density at radius 3 is 1.97 bits per heavy atom. The van der Waals surface area contributed by atoms with Crippen LogP contribution in [0.3, 0.4) is 0 Å². The third-order valence-electron chi connectivity index (χ3n) is 5.88. The number of fused-ring (bicyclic) bond motifs is 1. The summed E-state index contributed by atoms with van der Waals surface area (Å²) in [5.74, 6) is 0.374. The zero-order valence-corrected chi connectivity index (χ0v) is 20.4. The minimum absolute atomic E-state index is 0. The lowest BCUT2D eigenvalue weighted by molar-refractivity contribution is -0.141. The Morgan fingerprint density at radius 2 is 1.35 bits per heavy atom. The third-order valence-corrected chi connectivity index (χ3v) is 5.88. The summed E-state index contributed by atoms with van der Waals surface area (Å²) in [6.07, 6.45) is 21.6. The molecule has 0 radical (unpaired) electrons. The summed E-state index contributed by atoms with van der Waals surface area (Å²) in [4.78, 5) is 12.0. The number of ether oxygens (including phenoxy) is 2. The van der Waals surface area contributed by atoms with Gasteiger partial charge in [-0.3, -0.25) is 0 Å². The molecule has 0 fully saturated rings. The Labute approximate surface area is 196 Å². The molecule has 0 saturated carbocycles. The van der Waals surface area contributed by atoms with E-state index in [1.807, 2.05) is 24.3 Å². The summed E-state index contributed by atoms with van der Waals surface area (Å²) >= 11 is 0. The predicted molar refractivity (Wildman–Crippen MR) is 133 cm³/mol. The molecule has 0 amide bonds. The number of hydrogen-bond acceptors (Lipinski definition) is 3. The van der Waals surface area contributed by atoms with Crippen molar-refractivity contribution < 1.29 is 14.3 Å². The highest BCUT2D eigenvalue weighted by molar-refractivity contribution is 5.85. The van der Waals surface area contributed by atoms with Crippen molar-refractivity contribution in [3.8, 4) is 0 Å². The summed E-state index contributed by atoms with van der Waals surface area (Å²) < 4.78 is 11.0. The number of rotatable bonds is 18. The number of halogens is 1. The summed E-state index contributed by atoms with van der Waals surface area (Å²) in [5, 5.41) is 0. The van der Waals surface area contributed by atoms with Crippen LogP contribution < -0.4 is 0 Å². The fraction of sp³-hybridized carbons (Fsp3) is 0.667. The van der Waals surface area contributed by atoms with Gasteiger partial charge in [-0.1, -0.05) is 115 Å². The Morgan fingerprint density at radius 1 is 0.806 bits per heavy atom. The van der Waals surface area contributed by atoms with Gasteiger partial charge in [-0.05, 0) is 24.5 Å². The van der Waals surface area contributed by atoms with Crippen molar-refractivity contribution in [1.82, 2.24) is 0 Å². The van der Waals surface area contributed by atoms with Gasteiger partial charge in [-0.2, -0.15) is 0 Å². The van der Waals surface area contributed by atoms with Gasteiger partial charge in [-0.15, -0.1) is 12.4 Å². The highest BCUT2D eigenvalue weighted by Crippen LogP contribution is 2.27. The van der Waals surface area contributed by atoms with Crippen LogP contribution >= 0.6 is 12.4 Å². The Bertz CT molecular complexity index is 627. The highest BCUT2D eigenvalue weighted by Gasteiger charge is 2.17. The van der Waals surface area contributed by atoms with E-state index in [1.165, 1.54) is 89.0 Å². The minimum Gasteiger partial charge on any atom is -0.425 e. The number of esters is 1. The molecule has 0 aliphatic heterocycles. The Kier molecular flexibility index (Phi) is 16.3. The van der Waals surface area contributed by atoms with Gasteiger partial charge < -0.3 is 9.47 Å². The highest BCUT2D eigenvalue weighted by atomic mass is 35.5. The van der Waals surface area contributed by atoms with Crippen LogP contribution in [-0.4, -0.2) is 19.2 Å². The van der Waals surface area contributed by atoms with Crippen molar-refractivity contribution in [2.24, 2.45) is 0 Å². The molecule has 0 atom stereocenters. The molecule has 2 rings (SSSR count). The van der Waals surface area contributed by atoms with Gasteiger partial charge in [0.05, 0.1) is 0 Å². The Hall–Kier alpha value is -1.32. The second-order valence-electron chi connectivity index (χ2n) is 8.55. The number of unbranched alkanes of at least 4 members (excludes halogenated alkanes) is 13. The van der Waals surface area contributed by atoms with Crippen molar-refractivity contribution in [1.29, 1.82) is 0 Å². The standard InChI is InChI=1S/C27H42O3.ClH/c1-2-3-4-5-6-7-8-9-10-11-12-13-14-17-22-29-23-27(28)30-26-21-20-24-18-15-16-19-25(24)26;/h15-16,18-19,21H,2-14,17,20,22-23H2,1H3;1H. The van der Waals surface area contributed by atoms with Gasteiger partial charge in [0.1, 0.15) is 12.4 Å². The topological polar surface area (TPSA) is 35.5 Å². The molecule has 1 aromatic carbocycles. The Balaban J connectivity index is 0.00000480. The molecule has 0 spiro atoms. The van der Waals surface area contributed by atoms with E-state index in [4.69, 9.17) is 9.47 Å². The van der Waals surface area contributed by atoms with E-state index in [9.17, 15) is 4.79 Å². The molecule has 1 aliphatic rings. The fourth-order valence-electron chi connectivity index (χ4n) is 4.05. The second-order valence-corrected chi connectivity index (χ2v) is 8.55. The van der Waals surface area contributed by atoms with Crippen LogP contribution in [0.2, 0.25) is 0 Å². The zero-order chi connectivity index (χ0) is 21.3. The molecule has 1 aromatic rings. The molecule has 0 heterocycles. The van der Waals surface area contributed by atoms with Gasteiger partial charge in [0.25, 0.3) is 0 Å². The average molecular weight is 451 g/mol. The number of benzene rings is 1. The molecule has 1 aliphatic carbocycles. The van der Waals surface area contributed by atoms with E-state index in [1.54, 1.807) is 0 Å². The van der Waals surface area contributed by atoms with Gasteiger partial charge in [0.15, 0.2) is 0 Å². The second kappa shape index (κ2) is 18.3. The first kappa shape index (κ1) is 27.7. The molecule has 0 aromatic heterocycles. The lowest BCUT2D eigenvalue weighted by Gasteiger charge is -2.08. The van der Waals surface area contributed by atoms with Gasteiger partial charge >= 0.3 is 5.97 Å². The van der Waals surface area contributed by atoms with Crippen molar-refractivity contribution >= 4 is 24.1 Å². The molecule has 0 saturated heterocycles. The van der Waals surface area contributed by atoms with Crippen molar-refractivity contribution in [2.75, 3.05) is 13.2 Å². The van der Waals surface area contributed by atoms with E-state index in [2.05, 4.69) is 13.0 Å². The largest absolute Gasteiger partial charge is 0.425 e. The van der Waals surface area contributed by atoms with Crippen molar-refractivity contribution in [2.45, 2.75) is 103 Å². The molecule has 4 heteroatoms. The number of carbonyl (C=O) groups excluding carboxylic acids is 1. The van der Waals surface area contributed by atoms with E-state index in [0.29, 0.717) is 12.4 Å². The molecular weight excluding hydrogens is 408 g/mol. The number of allylic oxidation sites excluding steroid dienone is 1. The van der Waals surface area contributed by atoms with Gasteiger partial charge in [0, 0.05) is 12.2 Å².